The highest BCUT2D eigenvalue weighted by atomic mass is 32.2. The van der Waals surface area contributed by atoms with Crippen molar-refractivity contribution in [1.82, 2.24) is 9.97 Å². The van der Waals surface area contributed by atoms with Crippen LogP contribution in [0.3, 0.4) is 0 Å². The van der Waals surface area contributed by atoms with E-state index in [2.05, 4.69) is 133 Å². The van der Waals surface area contributed by atoms with E-state index >= 15 is 0 Å². The predicted octanol–water partition coefficient (Wildman–Crippen LogP) is 10.3. The number of benzene rings is 6. The van der Waals surface area contributed by atoms with Crippen molar-refractivity contribution in [1.29, 1.82) is 0 Å². The van der Waals surface area contributed by atoms with E-state index in [1.165, 1.54) is 41.8 Å². The van der Waals surface area contributed by atoms with E-state index in [0.29, 0.717) is 0 Å². The van der Waals surface area contributed by atoms with Gasteiger partial charge in [-0.15, -0.1) is 0 Å². The van der Waals surface area contributed by atoms with Crippen LogP contribution in [-0.2, 0) is 5.41 Å². The summed E-state index contributed by atoms with van der Waals surface area (Å²) < 4.78 is 0. The minimum absolute atomic E-state index is 0.409. The fourth-order valence-corrected chi connectivity index (χ4v) is 9.30. The second kappa shape index (κ2) is 9.70. The van der Waals surface area contributed by atoms with Crippen molar-refractivity contribution in [2.45, 2.75) is 25.0 Å². The van der Waals surface area contributed by atoms with Gasteiger partial charge in [0.05, 0.1) is 16.6 Å². The second-order valence-electron chi connectivity index (χ2n) is 10.9. The molecule has 0 spiro atoms. The Morgan fingerprint density at radius 1 is 0.442 bits per heavy atom. The van der Waals surface area contributed by atoms with E-state index in [9.17, 15) is 0 Å². The normalized spacial score (nSPS) is 14.0. The molecule has 1 aromatic heterocycles. The third kappa shape index (κ3) is 3.70. The summed E-state index contributed by atoms with van der Waals surface area (Å²) in [4.78, 5) is 15.4. The van der Waals surface area contributed by atoms with Gasteiger partial charge in [0.25, 0.3) is 0 Å². The van der Waals surface area contributed by atoms with Gasteiger partial charge in [0.1, 0.15) is 0 Å². The molecular formula is C39H24N2S2. The minimum Gasteiger partial charge on any atom is -0.228 e. The summed E-state index contributed by atoms with van der Waals surface area (Å²) in [6, 6.07) is 52.3. The van der Waals surface area contributed by atoms with Crippen LogP contribution < -0.4 is 0 Å². The molecule has 2 nitrogen and oxygen atoms in total. The molecular weight excluding hydrogens is 561 g/mol. The third-order valence-corrected chi connectivity index (χ3v) is 10.9. The van der Waals surface area contributed by atoms with Crippen molar-refractivity contribution < 1.29 is 0 Å². The number of hydrogen-bond acceptors (Lipinski definition) is 4. The van der Waals surface area contributed by atoms with E-state index in [0.717, 1.165) is 33.5 Å². The Labute approximate surface area is 258 Å². The smallest absolute Gasteiger partial charge is 0.160 e. The van der Waals surface area contributed by atoms with E-state index in [4.69, 9.17) is 9.97 Å². The Morgan fingerprint density at radius 2 is 1.02 bits per heavy atom. The van der Waals surface area contributed by atoms with Crippen LogP contribution in [-0.4, -0.2) is 9.97 Å². The van der Waals surface area contributed by atoms with Crippen LogP contribution in [0.2, 0.25) is 0 Å². The monoisotopic (exact) mass is 584 g/mol. The molecule has 3 heterocycles. The van der Waals surface area contributed by atoms with Gasteiger partial charge < -0.3 is 0 Å². The molecule has 0 atom stereocenters. The zero-order valence-corrected chi connectivity index (χ0v) is 24.7. The Balaban J connectivity index is 1.27. The Kier molecular flexibility index (Phi) is 5.62. The van der Waals surface area contributed by atoms with Crippen LogP contribution in [0.5, 0.6) is 0 Å². The highest BCUT2D eigenvalue weighted by Crippen LogP contribution is 2.62. The van der Waals surface area contributed by atoms with Crippen molar-refractivity contribution in [3.63, 3.8) is 0 Å². The lowest BCUT2D eigenvalue weighted by Gasteiger charge is -2.46. The molecule has 0 radical (unpaired) electrons. The average Bonchev–Trinajstić information content (AvgIpc) is 3.08. The van der Waals surface area contributed by atoms with E-state index < -0.39 is 5.41 Å². The molecule has 6 aromatic carbocycles. The van der Waals surface area contributed by atoms with E-state index in [1.54, 1.807) is 0 Å². The maximum atomic E-state index is 5.14. The molecule has 0 amide bonds. The van der Waals surface area contributed by atoms with Crippen LogP contribution in [0, 0.1) is 0 Å². The van der Waals surface area contributed by atoms with Crippen molar-refractivity contribution >= 4 is 34.4 Å². The molecule has 7 aromatic rings. The average molecular weight is 585 g/mol. The molecule has 0 fully saturated rings. The first kappa shape index (κ1) is 24.9. The third-order valence-electron chi connectivity index (χ3n) is 8.61. The molecule has 0 aliphatic carbocycles. The largest absolute Gasteiger partial charge is 0.228 e. The first-order valence-corrected chi connectivity index (χ1v) is 16.1. The summed E-state index contributed by atoms with van der Waals surface area (Å²) in [5, 5.41) is 1.06. The van der Waals surface area contributed by atoms with Gasteiger partial charge in [0.2, 0.25) is 0 Å². The molecule has 9 rings (SSSR count). The number of hydrogen-bond donors (Lipinski definition) is 0. The Hall–Kier alpha value is -4.64. The maximum Gasteiger partial charge on any atom is 0.160 e. The Bertz CT molecular complexity index is 2120. The van der Waals surface area contributed by atoms with Gasteiger partial charge in [-0.25, -0.2) is 9.97 Å². The van der Waals surface area contributed by atoms with Crippen molar-refractivity contribution in [3.05, 3.63) is 168 Å². The van der Waals surface area contributed by atoms with E-state index in [1.807, 2.05) is 35.7 Å². The lowest BCUT2D eigenvalue weighted by molar-refractivity contribution is 0.663. The summed E-state index contributed by atoms with van der Waals surface area (Å²) in [5.74, 6) is 0.738. The second-order valence-corrected chi connectivity index (χ2v) is 13.1. The molecule has 202 valence electrons. The number of fused-ring (bicyclic) bond motifs is 5. The molecule has 0 N–H and O–H groups in total. The summed E-state index contributed by atoms with van der Waals surface area (Å²) in [5.41, 5.74) is 8.93. The molecule has 0 saturated heterocycles. The van der Waals surface area contributed by atoms with Crippen LogP contribution >= 0.6 is 23.5 Å². The van der Waals surface area contributed by atoms with Crippen LogP contribution in [0.4, 0.5) is 0 Å². The topological polar surface area (TPSA) is 25.8 Å². The number of rotatable bonds is 3. The molecule has 0 saturated carbocycles. The van der Waals surface area contributed by atoms with Crippen LogP contribution in [0.1, 0.15) is 22.3 Å². The van der Waals surface area contributed by atoms with Gasteiger partial charge in [0.15, 0.2) is 5.82 Å². The number of para-hydroxylation sites is 1. The van der Waals surface area contributed by atoms with Crippen LogP contribution in [0.25, 0.3) is 33.5 Å². The molecule has 2 aliphatic rings. The van der Waals surface area contributed by atoms with Crippen molar-refractivity contribution in [3.8, 4) is 22.6 Å². The van der Waals surface area contributed by atoms with Gasteiger partial charge in [-0.3, -0.25) is 0 Å². The Morgan fingerprint density at radius 3 is 1.72 bits per heavy atom. The highest BCUT2D eigenvalue weighted by molar-refractivity contribution is 8.00. The van der Waals surface area contributed by atoms with Crippen molar-refractivity contribution in [2.75, 3.05) is 0 Å². The molecule has 0 bridgehead atoms. The van der Waals surface area contributed by atoms with Gasteiger partial charge >= 0.3 is 0 Å². The van der Waals surface area contributed by atoms with Gasteiger partial charge in [-0.05, 0) is 52.6 Å². The minimum atomic E-state index is -0.409. The first-order chi connectivity index (χ1) is 21.3. The number of aromatic nitrogens is 2. The summed E-state index contributed by atoms with van der Waals surface area (Å²) in [7, 11) is 0. The maximum absolute atomic E-state index is 5.14. The predicted molar refractivity (Wildman–Crippen MR) is 177 cm³/mol. The highest BCUT2D eigenvalue weighted by Gasteiger charge is 2.49. The summed E-state index contributed by atoms with van der Waals surface area (Å²) in [6.45, 7) is 0. The zero-order valence-electron chi connectivity index (χ0n) is 23.1. The molecule has 43 heavy (non-hydrogen) atoms. The lowest BCUT2D eigenvalue weighted by atomic mass is 9.64. The summed E-state index contributed by atoms with van der Waals surface area (Å²) in [6.07, 6.45) is 0. The molecule has 4 heteroatoms. The van der Waals surface area contributed by atoms with Gasteiger partial charge in [0, 0.05) is 36.1 Å². The zero-order chi connectivity index (χ0) is 28.4. The lowest BCUT2D eigenvalue weighted by Crippen LogP contribution is -2.36. The fraction of sp³-hybridized carbons (Fsp3) is 0.0256. The van der Waals surface area contributed by atoms with Crippen LogP contribution in [0.15, 0.2) is 165 Å². The first-order valence-electron chi connectivity index (χ1n) is 14.4. The molecule has 0 unspecified atom stereocenters. The van der Waals surface area contributed by atoms with Crippen molar-refractivity contribution in [2.24, 2.45) is 0 Å². The SMILES string of the molecule is c1ccc(-c2nc(-c3ccc(C45c6ccccc6Sc6cccc(c64)Sc4ccccc45)cc3)nc3ccccc23)cc1. The van der Waals surface area contributed by atoms with Gasteiger partial charge in [-0.1, -0.05) is 139 Å². The quantitative estimate of drug-likeness (QED) is 0.206. The standard InChI is InChI=1S/C39H24N2S2/c1-2-11-25(12-3-1)37-28-13-4-7-16-31(28)40-38(41-37)26-21-23-27(24-22-26)39-29-14-5-8-17-32(29)42-34-19-10-20-35(36(34)39)43-33-18-9-6-15-30(33)39/h1-24H. The van der Waals surface area contributed by atoms with Gasteiger partial charge in [-0.2, -0.15) is 0 Å². The van der Waals surface area contributed by atoms with E-state index in [-0.39, 0.29) is 0 Å². The number of nitrogens with zero attached hydrogens (tertiary/aromatic N) is 2. The molecule has 2 aliphatic heterocycles. The fourth-order valence-electron chi connectivity index (χ4n) is 6.78. The summed E-state index contributed by atoms with van der Waals surface area (Å²) >= 11 is 3.77.